The summed E-state index contributed by atoms with van der Waals surface area (Å²) in [5.41, 5.74) is 18.4. The van der Waals surface area contributed by atoms with Crippen LogP contribution in [0.25, 0.3) is 0 Å². The minimum absolute atomic E-state index is 0.00450. The van der Waals surface area contributed by atoms with Crippen LogP contribution in [-0.4, -0.2) is 89.8 Å². The molecule has 322 valence electrons. The van der Waals surface area contributed by atoms with Crippen molar-refractivity contribution in [1.82, 2.24) is 10.4 Å². The van der Waals surface area contributed by atoms with E-state index in [9.17, 15) is 9.36 Å². The first-order valence-electron chi connectivity index (χ1n) is 21.4. The van der Waals surface area contributed by atoms with Gasteiger partial charge in [-0.1, -0.05) is 65.5 Å². The number of nitrogens with two attached hydrogens (primary N) is 3. The van der Waals surface area contributed by atoms with Gasteiger partial charge in [0, 0.05) is 19.5 Å². The molecule has 8 N–H and O–H groups in total. The van der Waals surface area contributed by atoms with Crippen LogP contribution in [-0.2, 0) is 27.8 Å². The quantitative estimate of drug-likeness (QED) is 0.0233. The molecule has 1 amide bonds. The molecular weight excluding hydrogens is 733 g/mol. The summed E-state index contributed by atoms with van der Waals surface area (Å²) in [4.78, 5) is 20.6. The molecule has 4 rings (SSSR count). The van der Waals surface area contributed by atoms with Gasteiger partial charge in [-0.15, -0.1) is 0 Å². The molecule has 0 aromatic rings. The summed E-state index contributed by atoms with van der Waals surface area (Å²) >= 11 is 0. The number of alkyl carbamates (subject to hydrolysis) is 1. The number of allylic oxidation sites excluding steroid dienone is 1. The highest BCUT2D eigenvalue weighted by Crippen LogP contribution is 2.67. The number of hydrogen-bond donors (Lipinski definition) is 5. The number of amidine groups is 1. The third-order valence-corrected chi connectivity index (χ3v) is 15.0. The third kappa shape index (κ3) is 13.4. The summed E-state index contributed by atoms with van der Waals surface area (Å²) in [5.74, 6) is 5.20. The highest BCUT2D eigenvalue weighted by Gasteiger charge is 2.59. The molecule has 15 heteroatoms. The number of nitrogens with one attached hydrogen (secondary N) is 2. The lowest BCUT2D eigenvalue weighted by atomic mass is 9.47. The van der Waals surface area contributed by atoms with Crippen LogP contribution in [0.4, 0.5) is 4.79 Å². The monoisotopic (exact) mass is 810 g/mol. The van der Waals surface area contributed by atoms with E-state index in [1.807, 2.05) is 0 Å². The van der Waals surface area contributed by atoms with E-state index in [1.54, 1.807) is 6.92 Å². The van der Waals surface area contributed by atoms with E-state index in [2.05, 4.69) is 61.1 Å². The molecule has 3 saturated carbocycles. The lowest BCUT2D eigenvalue weighted by Gasteiger charge is -2.58. The minimum Gasteiger partial charge on any atom is -0.446 e. The van der Waals surface area contributed by atoms with Crippen LogP contribution in [0.3, 0.4) is 0 Å². The molecule has 0 heterocycles. The molecule has 4 aliphatic carbocycles. The summed E-state index contributed by atoms with van der Waals surface area (Å²) in [5, 5.41) is 5.62. The Balaban J connectivity index is 1.10. The van der Waals surface area contributed by atoms with Gasteiger partial charge in [0.15, 0.2) is 5.96 Å². The molecule has 3 fully saturated rings. The number of aliphatic imine (C=N–C) groups is 2. The Morgan fingerprint density at radius 2 is 1.59 bits per heavy atom. The Morgan fingerprint density at radius 1 is 0.893 bits per heavy atom. The Morgan fingerprint density at radius 3 is 2.27 bits per heavy atom. The van der Waals surface area contributed by atoms with Gasteiger partial charge in [-0.2, -0.15) is 0 Å². The Bertz CT molecular complexity index is 1350. The summed E-state index contributed by atoms with van der Waals surface area (Å²) in [6.45, 7) is 16.3. The number of hydrogen-bond acceptors (Lipinski definition) is 9. The zero-order valence-electron chi connectivity index (χ0n) is 35.4. The van der Waals surface area contributed by atoms with E-state index in [0.29, 0.717) is 37.6 Å². The average Bonchev–Trinajstić information content (AvgIpc) is 3.50. The molecule has 0 aliphatic heterocycles. The van der Waals surface area contributed by atoms with Crippen molar-refractivity contribution in [2.24, 2.45) is 73.5 Å². The number of amides is 1. The van der Waals surface area contributed by atoms with Gasteiger partial charge in [0.25, 0.3) is 0 Å². The Labute approximate surface area is 337 Å². The zero-order valence-corrected chi connectivity index (χ0v) is 36.3. The number of nitrogens with zero attached hydrogens (tertiary/aromatic N) is 2. The summed E-state index contributed by atoms with van der Waals surface area (Å²) in [7, 11) is -3.64. The smallest absolute Gasteiger partial charge is 0.407 e. The van der Waals surface area contributed by atoms with Gasteiger partial charge in [-0.05, 0) is 98.2 Å². The largest absolute Gasteiger partial charge is 0.446 e. The van der Waals surface area contributed by atoms with Crippen LogP contribution in [0.2, 0.25) is 0 Å². The van der Waals surface area contributed by atoms with Gasteiger partial charge in [-0.3, -0.25) is 19.0 Å². The summed E-state index contributed by atoms with van der Waals surface area (Å²) in [6, 6.07) is 0. The van der Waals surface area contributed by atoms with E-state index in [-0.39, 0.29) is 63.0 Å². The molecule has 0 radical (unpaired) electrons. The minimum atomic E-state index is -3.64. The predicted molar refractivity (Wildman–Crippen MR) is 223 cm³/mol. The number of fused-ring (bicyclic) bond motifs is 5. The molecule has 56 heavy (non-hydrogen) atoms. The lowest BCUT2D eigenvalue weighted by molar-refractivity contribution is -0.0581. The first kappa shape index (κ1) is 46.5. The molecule has 9 unspecified atom stereocenters. The van der Waals surface area contributed by atoms with E-state index in [1.165, 1.54) is 56.9 Å². The second kappa shape index (κ2) is 22.2. The van der Waals surface area contributed by atoms with Gasteiger partial charge < -0.3 is 36.7 Å². The standard InChI is InChI=1S/C41H76N7O7P/c1-29(2)8-7-9-30(3)35-12-13-36-34-11-10-32-28-33(14-16-40(32,5)37(34)15-17-41(35,36)6)55-39(49)47-18-22-51-26-27-52-23-21-48-56(50,53-24-19-45-31(4)42)54-25-20-46-38(43)44/h10,29-30,33-37H,7-9,11-28H2,1-6H3,(H2,42,45)(H,47,49)(H,48,50)(H4,43,44,46). The van der Waals surface area contributed by atoms with Gasteiger partial charge in [0.05, 0.1) is 58.6 Å². The fourth-order valence-electron chi connectivity index (χ4n) is 10.6. The van der Waals surface area contributed by atoms with E-state index < -0.39 is 7.75 Å². The number of guanidine groups is 1. The highest BCUT2D eigenvalue weighted by atomic mass is 31.2. The van der Waals surface area contributed by atoms with Gasteiger partial charge >= 0.3 is 13.8 Å². The van der Waals surface area contributed by atoms with Crippen LogP contribution in [0.15, 0.2) is 21.6 Å². The van der Waals surface area contributed by atoms with Crippen molar-refractivity contribution in [3.63, 3.8) is 0 Å². The average molecular weight is 810 g/mol. The van der Waals surface area contributed by atoms with Crippen LogP contribution < -0.4 is 27.6 Å². The van der Waals surface area contributed by atoms with Gasteiger partial charge in [0.2, 0.25) is 0 Å². The van der Waals surface area contributed by atoms with Crippen molar-refractivity contribution in [2.75, 3.05) is 65.8 Å². The van der Waals surface area contributed by atoms with E-state index >= 15 is 0 Å². The van der Waals surface area contributed by atoms with E-state index in [0.717, 1.165) is 54.8 Å². The van der Waals surface area contributed by atoms with Gasteiger partial charge in [0.1, 0.15) is 6.10 Å². The molecule has 0 aromatic carbocycles. The fraction of sp³-hybridized carbons (Fsp3) is 0.878. The second-order valence-corrected chi connectivity index (χ2v) is 19.4. The number of rotatable bonds is 24. The first-order chi connectivity index (χ1) is 26.7. The molecule has 9 atom stereocenters. The molecule has 4 aliphatic rings. The number of ether oxygens (including phenoxy) is 3. The predicted octanol–water partition coefficient (Wildman–Crippen LogP) is 6.54. The topological polar surface area (TPSA) is 207 Å². The van der Waals surface area contributed by atoms with Crippen molar-refractivity contribution in [3.8, 4) is 0 Å². The van der Waals surface area contributed by atoms with E-state index in [4.69, 9.17) is 40.5 Å². The van der Waals surface area contributed by atoms with Crippen LogP contribution in [0.5, 0.6) is 0 Å². The van der Waals surface area contributed by atoms with Crippen molar-refractivity contribution in [2.45, 2.75) is 118 Å². The van der Waals surface area contributed by atoms with Crippen LogP contribution in [0.1, 0.15) is 112 Å². The summed E-state index contributed by atoms with van der Waals surface area (Å²) < 4.78 is 41.0. The molecule has 14 nitrogen and oxygen atoms in total. The molecule has 0 saturated heterocycles. The maximum atomic E-state index is 13.0. The first-order valence-corrected chi connectivity index (χ1v) is 23.0. The molecule has 0 bridgehead atoms. The van der Waals surface area contributed by atoms with Crippen molar-refractivity contribution >= 4 is 25.6 Å². The van der Waals surface area contributed by atoms with Gasteiger partial charge in [-0.25, -0.2) is 14.4 Å². The second-order valence-electron chi connectivity index (χ2n) is 17.6. The number of carbonyl (C=O) groups is 1. The lowest BCUT2D eigenvalue weighted by Crippen LogP contribution is -2.51. The normalized spacial score (nSPS) is 30.4. The van der Waals surface area contributed by atoms with Crippen molar-refractivity contribution < 1.29 is 32.6 Å². The maximum absolute atomic E-state index is 13.0. The number of carbonyl (C=O) groups excluding carboxylic acids is 1. The summed E-state index contributed by atoms with van der Waals surface area (Å²) in [6.07, 6.45) is 15.8. The SMILES string of the molecule is CC(N)=NCCOP(=O)(NCCOCCOCCNC(=O)OC1CCC2(C)C(=CCC3C2CCC2(C)C(C(C)CCCC(C)C)CCC32)C1)OCCN=C(N)N. The Hall–Kier alpha value is -2.22. The molecular formula is C41H76N7O7P. The van der Waals surface area contributed by atoms with Crippen molar-refractivity contribution in [1.29, 1.82) is 0 Å². The fourth-order valence-corrected chi connectivity index (χ4v) is 11.9. The zero-order chi connectivity index (χ0) is 40.8. The van der Waals surface area contributed by atoms with Crippen molar-refractivity contribution in [3.05, 3.63) is 11.6 Å². The van der Waals surface area contributed by atoms with Crippen LogP contribution >= 0.6 is 7.75 Å². The Kier molecular flexibility index (Phi) is 18.4. The molecule has 0 aromatic heterocycles. The molecule has 0 spiro atoms. The highest BCUT2D eigenvalue weighted by molar-refractivity contribution is 7.51. The third-order valence-electron chi connectivity index (χ3n) is 13.3. The van der Waals surface area contributed by atoms with Crippen LogP contribution in [0, 0.1) is 46.3 Å². The maximum Gasteiger partial charge on any atom is 0.407 e.